The lowest BCUT2D eigenvalue weighted by Gasteiger charge is -2.11. The van der Waals surface area contributed by atoms with Crippen LogP contribution in [0.2, 0.25) is 0 Å². The normalized spacial score (nSPS) is 16.5. The average Bonchev–Trinajstić information content (AvgIpc) is 3.11. The van der Waals surface area contributed by atoms with Crippen LogP contribution in [0.15, 0.2) is 24.3 Å². The molecule has 0 bridgehead atoms. The number of amides is 2. The maximum atomic E-state index is 12.2. The van der Waals surface area contributed by atoms with Crippen LogP contribution in [0.3, 0.4) is 0 Å². The van der Waals surface area contributed by atoms with Crippen LogP contribution in [0.5, 0.6) is 0 Å². The molecule has 0 saturated carbocycles. The van der Waals surface area contributed by atoms with Gasteiger partial charge in [0, 0.05) is 30.8 Å². The highest BCUT2D eigenvalue weighted by atomic mass is 16.5. The van der Waals surface area contributed by atoms with Crippen LogP contribution >= 0.6 is 0 Å². The number of carbonyl (C=O) groups excluding carboxylic acids is 3. The van der Waals surface area contributed by atoms with Crippen LogP contribution in [0.25, 0.3) is 0 Å². The van der Waals surface area contributed by atoms with Gasteiger partial charge >= 0.3 is 5.97 Å². The molecule has 2 amide bonds. The highest BCUT2D eigenvalue weighted by Crippen LogP contribution is 2.13. The first-order valence-corrected chi connectivity index (χ1v) is 7.95. The molecule has 130 valence electrons. The van der Waals surface area contributed by atoms with Crippen LogP contribution in [0, 0.1) is 0 Å². The van der Waals surface area contributed by atoms with Gasteiger partial charge in [0.1, 0.15) is 0 Å². The summed E-state index contributed by atoms with van der Waals surface area (Å²) in [5, 5.41) is 5.49. The van der Waals surface area contributed by atoms with Gasteiger partial charge in [-0.25, -0.2) is 0 Å². The summed E-state index contributed by atoms with van der Waals surface area (Å²) in [6.07, 6.45) is 2.10. The second kappa shape index (κ2) is 9.02. The summed E-state index contributed by atoms with van der Waals surface area (Å²) in [5.41, 5.74) is 0.966. The number of carbonyl (C=O) groups is 3. The van der Waals surface area contributed by atoms with Gasteiger partial charge in [-0.2, -0.15) is 0 Å². The number of benzene rings is 1. The minimum absolute atomic E-state index is 0.0178. The summed E-state index contributed by atoms with van der Waals surface area (Å²) in [4.78, 5) is 35.0. The van der Waals surface area contributed by atoms with Crippen molar-refractivity contribution in [2.24, 2.45) is 0 Å². The molecule has 1 heterocycles. The molecule has 1 fully saturated rings. The monoisotopic (exact) mass is 334 g/mol. The van der Waals surface area contributed by atoms with Gasteiger partial charge in [-0.15, -0.1) is 0 Å². The van der Waals surface area contributed by atoms with Gasteiger partial charge in [-0.3, -0.25) is 14.4 Å². The topological polar surface area (TPSA) is 93.7 Å². The molecule has 0 radical (unpaired) electrons. The van der Waals surface area contributed by atoms with E-state index in [1.807, 2.05) is 0 Å². The minimum Gasteiger partial charge on any atom is -0.469 e. The van der Waals surface area contributed by atoms with Gasteiger partial charge in [0.25, 0.3) is 5.91 Å². The van der Waals surface area contributed by atoms with E-state index in [1.165, 1.54) is 7.11 Å². The minimum atomic E-state index is -0.438. The number of ether oxygens (including phenoxy) is 2. The Hall–Kier alpha value is -2.41. The van der Waals surface area contributed by atoms with Crippen LogP contribution < -0.4 is 10.6 Å². The van der Waals surface area contributed by atoms with Crippen molar-refractivity contribution in [1.82, 2.24) is 5.32 Å². The van der Waals surface area contributed by atoms with E-state index in [1.54, 1.807) is 24.3 Å². The van der Waals surface area contributed by atoms with Crippen LogP contribution in [0.1, 0.15) is 36.0 Å². The van der Waals surface area contributed by atoms with Crippen LogP contribution in [-0.2, 0) is 19.1 Å². The molecule has 1 aromatic carbocycles. The molecule has 0 aliphatic carbocycles. The lowest BCUT2D eigenvalue weighted by molar-refractivity contribution is -0.141. The third kappa shape index (κ3) is 5.66. The fourth-order valence-electron chi connectivity index (χ4n) is 2.39. The van der Waals surface area contributed by atoms with E-state index < -0.39 is 5.97 Å². The first kappa shape index (κ1) is 17.9. The first-order valence-electron chi connectivity index (χ1n) is 7.95. The van der Waals surface area contributed by atoms with Crippen molar-refractivity contribution in [3.8, 4) is 0 Å². The lowest BCUT2D eigenvalue weighted by Crippen LogP contribution is -2.31. The predicted molar refractivity (Wildman–Crippen MR) is 87.6 cm³/mol. The van der Waals surface area contributed by atoms with E-state index in [9.17, 15) is 14.4 Å². The van der Waals surface area contributed by atoms with E-state index in [-0.39, 0.29) is 30.8 Å². The number of methoxy groups -OCH3 is 1. The Balaban J connectivity index is 1.84. The number of esters is 1. The Labute approximate surface area is 140 Å². The Bertz CT molecular complexity index is 596. The molecule has 2 N–H and O–H groups in total. The molecule has 1 aromatic rings. The average molecular weight is 334 g/mol. The SMILES string of the molecule is COC(=O)CCC(=O)Nc1cccc(C(=O)NC[C@H]2CCCO2)c1. The number of rotatable bonds is 7. The highest BCUT2D eigenvalue weighted by Gasteiger charge is 2.17. The largest absolute Gasteiger partial charge is 0.469 e. The van der Waals surface area contributed by atoms with Crippen molar-refractivity contribution in [3.05, 3.63) is 29.8 Å². The summed E-state index contributed by atoms with van der Waals surface area (Å²) in [6.45, 7) is 1.22. The molecule has 1 saturated heterocycles. The van der Waals surface area contributed by atoms with Gasteiger partial charge in [-0.05, 0) is 31.0 Å². The quantitative estimate of drug-likeness (QED) is 0.737. The summed E-state index contributed by atoms with van der Waals surface area (Å²) in [5.74, 6) is -0.958. The second-order valence-electron chi connectivity index (χ2n) is 5.55. The molecule has 0 aromatic heterocycles. The van der Waals surface area contributed by atoms with Crippen molar-refractivity contribution >= 4 is 23.5 Å². The fraction of sp³-hybridized carbons (Fsp3) is 0.471. The molecule has 1 atom stereocenters. The molecule has 7 nitrogen and oxygen atoms in total. The molecule has 24 heavy (non-hydrogen) atoms. The summed E-state index contributed by atoms with van der Waals surface area (Å²) < 4.78 is 9.95. The van der Waals surface area contributed by atoms with Gasteiger partial charge in [0.05, 0.1) is 19.6 Å². The number of anilines is 1. The van der Waals surface area contributed by atoms with Crippen molar-refractivity contribution < 1.29 is 23.9 Å². The smallest absolute Gasteiger partial charge is 0.306 e. The van der Waals surface area contributed by atoms with Gasteiger partial charge < -0.3 is 20.1 Å². The Morgan fingerprint density at radius 1 is 1.29 bits per heavy atom. The van der Waals surface area contributed by atoms with Crippen molar-refractivity contribution in [1.29, 1.82) is 0 Å². The molecule has 0 unspecified atom stereocenters. The predicted octanol–water partition coefficient (Wildman–Crippen LogP) is 1.49. The second-order valence-corrected chi connectivity index (χ2v) is 5.55. The van der Waals surface area contributed by atoms with Gasteiger partial charge in [0.15, 0.2) is 0 Å². The third-order valence-corrected chi connectivity index (χ3v) is 3.71. The summed E-state index contributed by atoms with van der Waals surface area (Å²) in [7, 11) is 1.28. The van der Waals surface area contributed by atoms with E-state index in [0.717, 1.165) is 19.4 Å². The maximum absolute atomic E-state index is 12.2. The molecule has 0 spiro atoms. The molecule has 2 rings (SSSR count). The zero-order valence-electron chi connectivity index (χ0n) is 13.7. The number of hydrogen-bond acceptors (Lipinski definition) is 5. The number of nitrogens with one attached hydrogen (secondary N) is 2. The number of hydrogen-bond donors (Lipinski definition) is 2. The molecular weight excluding hydrogens is 312 g/mol. The van der Waals surface area contributed by atoms with Crippen molar-refractivity contribution in [2.75, 3.05) is 25.6 Å². The first-order chi connectivity index (χ1) is 11.6. The van der Waals surface area contributed by atoms with Crippen LogP contribution in [-0.4, -0.2) is 44.1 Å². The van der Waals surface area contributed by atoms with Gasteiger partial charge in [-0.1, -0.05) is 6.07 Å². The highest BCUT2D eigenvalue weighted by molar-refractivity contribution is 5.97. The zero-order chi connectivity index (χ0) is 17.4. The summed E-state index contributed by atoms with van der Waals surface area (Å²) >= 11 is 0. The Morgan fingerprint density at radius 2 is 2.12 bits per heavy atom. The fourth-order valence-corrected chi connectivity index (χ4v) is 2.39. The van der Waals surface area contributed by atoms with E-state index in [0.29, 0.717) is 17.8 Å². The third-order valence-electron chi connectivity index (χ3n) is 3.71. The Kier molecular flexibility index (Phi) is 6.74. The molecule has 1 aliphatic heterocycles. The molecule has 7 heteroatoms. The zero-order valence-corrected chi connectivity index (χ0v) is 13.7. The Morgan fingerprint density at radius 3 is 2.83 bits per heavy atom. The standard InChI is InChI=1S/C17H22N2O5/c1-23-16(21)8-7-15(20)19-13-5-2-4-12(10-13)17(22)18-11-14-6-3-9-24-14/h2,4-5,10,14H,3,6-9,11H2,1H3,(H,18,22)(H,19,20)/t14-/m1/s1. The van der Waals surface area contributed by atoms with Crippen molar-refractivity contribution in [2.45, 2.75) is 31.8 Å². The molecule has 1 aliphatic rings. The van der Waals surface area contributed by atoms with E-state index >= 15 is 0 Å². The summed E-state index contributed by atoms with van der Waals surface area (Å²) in [6, 6.07) is 6.65. The van der Waals surface area contributed by atoms with Crippen LogP contribution in [0.4, 0.5) is 5.69 Å². The van der Waals surface area contributed by atoms with E-state index in [2.05, 4.69) is 15.4 Å². The molecular formula is C17H22N2O5. The van der Waals surface area contributed by atoms with Gasteiger partial charge in [0.2, 0.25) is 5.91 Å². The maximum Gasteiger partial charge on any atom is 0.306 e. The van der Waals surface area contributed by atoms with Crippen molar-refractivity contribution in [3.63, 3.8) is 0 Å². The lowest BCUT2D eigenvalue weighted by atomic mass is 10.1. The van der Waals surface area contributed by atoms with E-state index in [4.69, 9.17) is 4.74 Å².